The van der Waals surface area contributed by atoms with Gasteiger partial charge in [-0.3, -0.25) is 4.79 Å². The predicted molar refractivity (Wildman–Crippen MR) is 105 cm³/mol. The summed E-state index contributed by atoms with van der Waals surface area (Å²) >= 11 is 2.56. The van der Waals surface area contributed by atoms with Gasteiger partial charge < -0.3 is 9.88 Å². The lowest BCUT2D eigenvalue weighted by atomic mass is 10.2. The van der Waals surface area contributed by atoms with Crippen LogP contribution in [0.25, 0.3) is 0 Å². The standard InChI is InChI=1S/C19H16F3N3OS2/c1-25-10-9-23-18(25)28-15-7-5-14(6-8-15)24-17(26)12-27-16-4-2-3-13(11-16)19(20,21)22/h2-11H,12H2,1H3,(H,24,26). The Morgan fingerprint density at radius 3 is 2.54 bits per heavy atom. The van der Waals surface area contributed by atoms with Crippen molar-refractivity contribution in [3.8, 4) is 0 Å². The van der Waals surface area contributed by atoms with E-state index in [9.17, 15) is 18.0 Å². The number of aromatic nitrogens is 2. The highest BCUT2D eigenvalue weighted by Crippen LogP contribution is 2.32. The lowest BCUT2D eigenvalue weighted by Gasteiger charge is -2.09. The summed E-state index contributed by atoms with van der Waals surface area (Å²) in [5.41, 5.74) is -0.0995. The molecule has 0 aliphatic heterocycles. The van der Waals surface area contributed by atoms with Gasteiger partial charge in [-0.15, -0.1) is 11.8 Å². The van der Waals surface area contributed by atoms with Crippen molar-refractivity contribution in [3.05, 3.63) is 66.5 Å². The molecule has 28 heavy (non-hydrogen) atoms. The zero-order chi connectivity index (χ0) is 20.1. The van der Waals surface area contributed by atoms with Crippen molar-refractivity contribution < 1.29 is 18.0 Å². The first-order valence-electron chi connectivity index (χ1n) is 8.16. The van der Waals surface area contributed by atoms with Gasteiger partial charge in [-0.25, -0.2) is 4.98 Å². The molecule has 0 unspecified atom stereocenters. The molecular weight excluding hydrogens is 407 g/mol. The van der Waals surface area contributed by atoms with Crippen LogP contribution in [0.1, 0.15) is 5.56 Å². The minimum atomic E-state index is -4.40. The van der Waals surface area contributed by atoms with Gasteiger partial charge in [-0.2, -0.15) is 13.2 Å². The maximum absolute atomic E-state index is 12.7. The van der Waals surface area contributed by atoms with Crippen molar-refractivity contribution in [2.45, 2.75) is 21.1 Å². The van der Waals surface area contributed by atoms with Gasteiger partial charge in [0.25, 0.3) is 0 Å². The fourth-order valence-electron chi connectivity index (χ4n) is 2.27. The number of aryl methyl sites for hydroxylation is 1. The van der Waals surface area contributed by atoms with Crippen LogP contribution in [0.15, 0.2) is 75.9 Å². The number of nitrogens with zero attached hydrogens (tertiary/aromatic N) is 2. The third-order valence-corrected chi connectivity index (χ3v) is 5.73. The van der Waals surface area contributed by atoms with E-state index in [-0.39, 0.29) is 11.7 Å². The molecule has 0 atom stereocenters. The molecule has 9 heteroatoms. The molecule has 146 valence electrons. The van der Waals surface area contributed by atoms with Crippen LogP contribution < -0.4 is 5.32 Å². The van der Waals surface area contributed by atoms with E-state index in [1.165, 1.54) is 17.8 Å². The summed E-state index contributed by atoms with van der Waals surface area (Å²) in [5.74, 6) is -0.266. The smallest absolute Gasteiger partial charge is 0.329 e. The van der Waals surface area contributed by atoms with E-state index in [1.807, 2.05) is 29.9 Å². The molecule has 0 bridgehead atoms. The number of nitrogens with one attached hydrogen (secondary N) is 1. The van der Waals surface area contributed by atoms with Crippen molar-refractivity contribution in [2.75, 3.05) is 11.1 Å². The largest absolute Gasteiger partial charge is 0.416 e. The molecule has 0 spiro atoms. The van der Waals surface area contributed by atoms with E-state index < -0.39 is 11.7 Å². The fraction of sp³-hybridized carbons (Fsp3) is 0.158. The first-order chi connectivity index (χ1) is 13.3. The number of alkyl halides is 3. The Morgan fingerprint density at radius 1 is 1.14 bits per heavy atom. The molecule has 0 aliphatic rings. The van der Waals surface area contributed by atoms with Gasteiger partial charge >= 0.3 is 6.18 Å². The highest BCUT2D eigenvalue weighted by atomic mass is 32.2. The second kappa shape index (κ2) is 8.74. The Balaban J connectivity index is 1.53. The highest BCUT2D eigenvalue weighted by Gasteiger charge is 2.30. The van der Waals surface area contributed by atoms with Crippen LogP contribution in [-0.4, -0.2) is 21.2 Å². The number of thioether (sulfide) groups is 1. The molecule has 1 amide bonds. The number of anilines is 1. The van der Waals surface area contributed by atoms with Crippen molar-refractivity contribution >= 4 is 35.1 Å². The summed E-state index contributed by atoms with van der Waals surface area (Å²) < 4.78 is 40.1. The zero-order valence-corrected chi connectivity index (χ0v) is 16.4. The first-order valence-corrected chi connectivity index (χ1v) is 9.96. The second-order valence-corrected chi connectivity index (χ2v) is 7.90. The number of benzene rings is 2. The lowest BCUT2D eigenvalue weighted by Crippen LogP contribution is -2.14. The Labute approximate surface area is 168 Å². The third-order valence-electron chi connectivity index (χ3n) is 3.66. The number of rotatable bonds is 6. The third kappa shape index (κ3) is 5.56. The van der Waals surface area contributed by atoms with Crippen LogP contribution in [0.4, 0.5) is 18.9 Å². The molecule has 1 N–H and O–H groups in total. The Hall–Kier alpha value is -2.39. The molecule has 2 aromatic carbocycles. The van der Waals surface area contributed by atoms with E-state index in [0.29, 0.717) is 10.6 Å². The van der Waals surface area contributed by atoms with Crippen LogP contribution >= 0.6 is 23.5 Å². The van der Waals surface area contributed by atoms with Gasteiger partial charge in [-0.05, 0) is 42.5 Å². The molecule has 0 aliphatic carbocycles. The van der Waals surface area contributed by atoms with Crippen LogP contribution in [0, 0.1) is 0 Å². The first kappa shape index (κ1) is 20.3. The monoisotopic (exact) mass is 423 g/mol. The number of imidazole rings is 1. The number of halogens is 3. The number of carbonyl (C=O) groups is 1. The Kier molecular flexibility index (Phi) is 6.35. The molecule has 1 aromatic heterocycles. The highest BCUT2D eigenvalue weighted by molar-refractivity contribution is 8.00. The minimum absolute atomic E-state index is 0.0189. The number of carbonyl (C=O) groups excluding carboxylic acids is 1. The average molecular weight is 423 g/mol. The van der Waals surface area contributed by atoms with Gasteiger partial charge in [0.1, 0.15) is 0 Å². The van der Waals surface area contributed by atoms with Crippen LogP contribution in [0.2, 0.25) is 0 Å². The van der Waals surface area contributed by atoms with E-state index in [1.54, 1.807) is 24.4 Å². The van der Waals surface area contributed by atoms with Crippen molar-refractivity contribution in [1.82, 2.24) is 9.55 Å². The summed E-state index contributed by atoms with van der Waals surface area (Å²) in [4.78, 5) is 17.7. The minimum Gasteiger partial charge on any atom is -0.329 e. The lowest BCUT2D eigenvalue weighted by molar-refractivity contribution is -0.137. The van der Waals surface area contributed by atoms with Crippen LogP contribution in [0.5, 0.6) is 0 Å². The number of amides is 1. The molecule has 0 saturated heterocycles. The van der Waals surface area contributed by atoms with Crippen molar-refractivity contribution in [1.29, 1.82) is 0 Å². The summed E-state index contributed by atoms with van der Waals surface area (Å²) in [6.07, 6.45) is -0.814. The summed E-state index contributed by atoms with van der Waals surface area (Å²) in [5, 5.41) is 3.60. The maximum Gasteiger partial charge on any atom is 0.416 e. The summed E-state index contributed by atoms with van der Waals surface area (Å²) in [7, 11) is 1.91. The molecule has 4 nitrogen and oxygen atoms in total. The Morgan fingerprint density at radius 2 is 1.89 bits per heavy atom. The predicted octanol–water partition coefficient (Wildman–Crippen LogP) is 5.32. The van der Waals surface area contributed by atoms with Crippen molar-refractivity contribution in [2.24, 2.45) is 7.05 Å². The zero-order valence-electron chi connectivity index (χ0n) is 14.7. The number of hydrogen-bond acceptors (Lipinski definition) is 4. The molecule has 1 heterocycles. The second-order valence-electron chi connectivity index (χ2n) is 5.81. The van der Waals surface area contributed by atoms with Gasteiger partial charge in [0.2, 0.25) is 5.91 Å². The van der Waals surface area contributed by atoms with E-state index in [4.69, 9.17) is 0 Å². The van der Waals surface area contributed by atoms with E-state index >= 15 is 0 Å². The van der Waals surface area contributed by atoms with Crippen LogP contribution in [-0.2, 0) is 18.0 Å². The molecular formula is C19H16F3N3OS2. The van der Waals surface area contributed by atoms with Gasteiger partial charge in [0, 0.05) is 34.9 Å². The van der Waals surface area contributed by atoms with Gasteiger partial charge in [-0.1, -0.05) is 17.8 Å². The fourth-order valence-corrected chi connectivity index (χ4v) is 3.83. The van der Waals surface area contributed by atoms with E-state index in [0.717, 1.165) is 33.9 Å². The number of hydrogen-bond donors (Lipinski definition) is 1. The molecule has 3 rings (SSSR count). The quantitative estimate of drug-likeness (QED) is 0.545. The van der Waals surface area contributed by atoms with Crippen molar-refractivity contribution in [3.63, 3.8) is 0 Å². The normalized spacial score (nSPS) is 11.4. The topological polar surface area (TPSA) is 46.9 Å². The molecule has 0 saturated carbocycles. The molecule has 0 radical (unpaired) electrons. The molecule has 3 aromatic rings. The average Bonchev–Trinajstić information content (AvgIpc) is 3.06. The van der Waals surface area contributed by atoms with Crippen LogP contribution in [0.3, 0.4) is 0 Å². The molecule has 0 fully saturated rings. The SMILES string of the molecule is Cn1ccnc1Sc1ccc(NC(=O)CSc2cccc(C(F)(F)F)c2)cc1. The Bertz CT molecular complexity index is 956. The maximum atomic E-state index is 12.7. The summed E-state index contributed by atoms with van der Waals surface area (Å²) in [6.45, 7) is 0. The summed E-state index contributed by atoms with van der Waals surface area (Å²) in [6, 6.07) is 12.2. The van der Waals surface area contributed by atoms with E-state index in [2.05, 4.69) is 10.3 Å². The van der Waals surface area contributed by atoms with Gasteiger partial charge in [0.15, 0.2) is 5.16 Å². The van der Waals surface area contributed by atoms with Gasteiger partial charge in [0.05, 0.1) is 11.3 Å².